The number of amides is 1. The van der Waals surface area contributed by atoms with Crippen LogP contribution in [-0.4, -0.2) is 11.0 Å². The zero-order chi connectivity index (χ0) is 18.8. The Morgan fingerprint density at radius 2 is 1.52 bits per heavy atom. The van der Waals surface area contributed by atoms with Crippen molar-refractivity contribution in [1.29, 1.82) is 0 Å². The molecule has 25 heavy (non-hydrogen) atoms. The van der Waals surface area contributed by atoms with Gasteiger partial charge in [-0.15, -0.1) is 0 Å². The van der Waals surface area contributed by atoms with Gasteiger partial charge >= 0.3 is 0 Å². The topological polar surface area (TPSA) is 41.1 Å². The lowest BCUT2D eigenvalue weighted by Crippen LogP contribution is -2.34. The van der Waals surface area contributed by atoms with Gasteiger partial charge in [0.2, 0.25) is 0 Å². The van der Waals surface area contributed by atoms with Crippen LogP contribution in [0.15, 0.2) is 36.4 Å². The van der Waals surface area contributed by atoms with E-state index in [1.165, 1.54) is 6.07 Å². The van der Waals surface area contributed by atoms with Crippen molar-refractivity contribution in [3.63, 3.8) is 0 Å². The molecular formula is C18H17Cl3N2OS. The Bertz CT molecular complexity index is 814. The second-order valence-corrected chi connectivity index (χ2v) is 8.11. The third kappa shape index (κ3) is 5.32. The molecule has 132 valence electrons. The van der Waals surface area contributed by atoms with Crippen molar-refractivity contribution in [2.45, 2.75) is 26.2 Å². The van der Waals surface area contributed by atoms with E-state index < -0.39 is 0 Å². The summed E-state index contributed by atoms with van der Waals surface area (Å²) in [5, 5.41) is 6.59. The highest BCUT2D eigenvalue weighted by Crippen LogP contribution is 2.32. The number of rotatable bonds is 2. The lowest BCUT2D eigenvalue weighted by Gasteiger charge is -2.19. The summed E-state index contributed by atoms with van der Waals surface area (Å²) in [5.41, 5.74) is 2.14. The Labute approximate surface area is 167 Å². The highest BCUT2D eigenvalue weighted by molar-refractivity contribution is 7.80. The van der Waals surface area contributed by atoms with Gasteiger partial charge in [-0.2, -0.15) is 0 Å². The molecule has 2 aromatic carbocycles. The van der Waals surface area contributed by atoms with E-state index in [2.05, 4.69) is 31.4 Å². The molecule has 0 saturated carbocycles. The molecule has 2 N–H and O–H groups in total. The molecule has 0 saturated heterocycles. The van der Waals surface area contributed by atoms with Gasteiger partial charge in [0.25, 0.3) is 5.91 Å². The molecule has 0 aliphatic rings. The number of carbonyl (C=O) groups is 1. The third-order valence-electron chi connectivity index (χ3n) is 3.50. The molecule has 3 nitrogen and oxygen atoms in total. The zero-order valence-corrected chi connectivity index (χ0v) is 17.0. The first kappa shape index (κ1) is 20.0. The van der Waals surface area contributed by atoms with Crippen LogP contribution in [0, 0.1) is 0 Å². The van der Waals surface area contributed by atoms with Gasteiger partial charge in [-0.1, -0.05) is 67.7 Å². The Kier molecular flexibility index (Phi) is 6.33. The van der Waals surface area contributed by atoms with Crippen molar-refractivity contribution in [3.05, 3.63) is 62.6 Å². The standard InChI is InChI=1S/C18H17Cl3N2OS/c1-18(2,3)11-6-4-10(5-7-11)16(24)23-17(25)22-15-9-13(20)12(19)8-14(15)21/h4-9H,1-3H3,(H2,22,23,24,25). The fourth-order valence-electron chi connectivity index (χ4n) is 2.07. The number of anilines is 1. The quantitative estimate of drug-likeness (QED) is 0.462. The summed E-state index contributed by atoms with van der Waals surface area (Å²) in [6, 6.07) is 10.4. The molecule has 0 fully saturated rings. The van der Waals surface area contributed by atoms with E-state index in [4.69, 9.17) is 47.0 Å². The van der Waals surface area contributed by atoms with Gasteiger partial charge < -0.3 is 5.32 Å². The van der Waals surface area contributed by atoms with Crippen LogP contribution in [0.3, 0.4) is 0 Å². The molecule has 0 heterocycles. The van der Waals surface area contributed by atoms with Gasteiger partial charge in [0, 0.05) is 5.56 Å². The normalized spacial score (nSPS) is 11.1. The second-order valence-electron chi connectivity index (χ2n) is 6.48. The van der Waals surface area contributed by atoms with E-state index in [9.17, 15) is 4.79 Å². The molecule has 0 aliphatic carbocycles. The maximum atomic E-state index is 12.3. The number of hydrogen-bond donors (Lipinski definition) is 2. The van der Waals surface area contributed by atoms with Crippen LogP contribution in [0.4, 0.5) is 5.69 Å². The molecule has 0 radical (unpaired) electrons. The average Bonchev–Trinajstić information content (AvgIpc) is 2.51. The van der Waals surface area contributed by atoms with Crippen LogP contribution in [-0.2, 0) is 5.41 Å². The highest BCUT2D eigenvalue weighted by Gasteiger charge is 2.15. The number of thiocarbonyl (C=S) groups is 1. The van der Waals surface area contributed by atoms with E-state index in [0.717, 1.165) is 5.56 Å². The average molecular weight is 416 g/mol. The molecule has 0 bridgehead atoms. The van der Waals surface area contributed by atoms with Crippen molar-refractivity contribution in [3.8, 4) is 0 Å². The van der Waals surface area contributed by atoms with Gasteiger partial charge in [-0.05, 0) is 47.5 Å². The lowest BCUT2D eigenvalue weighted by atomic mass is 9.87. The van der Waals surface area contributed by atoms with E-state index in [-0.39, 0.29) is 16.4 Å². The molecule has 0 aliphatic heterocycles. The smallest absolute Gasteiger partial charge is 0.257 e. The predicted molar refractivity (Wildman–Crippen MR) is 110 cm³/mol. The molecule has 2 aromatic rings. The van der Waals surface area contributed by atoms with Crippen LogP contribution >= 0.6 is 47.0 Å². The first-order chi connectivity index (χ1) is 11.6. The van der Waals surface area contributed by atoms with Gasteiger partial charge in [-0.3, -0.25) is 10.1 Å². The number of hydrogen-bond acceptors (Lipinski definition) is 2. The largest absolute Gasteiger partial charge is 0.331 e. The van der Waals surface area contributed by atoms with Gasteiger partial charge in [-0.25, -0.2) is 0 Å². The Hall–Kier alpha value is -1.33. The number of carbonyl (C=O) groups excluding carboxylic acids is 1. The minimum absolute atomic E-state index is 0.0243. The summed E-state index contributed by atoms with van der Waals surface area (Å²) in [4.78, 5) is 12.3. The number of nitrogens with one attached hydrogen (secondary N) is 2. The van der Waals surface area contributed by atoms with E-state index in [1.807, 2.05) is 12.1 Å². The van der Waals surface area contributed by atoms with Crippen LogP contribution in [0.25, 0.3) is 0 Å². The number of halogens is 3. The zero-order valence-electron chi connectivity index (χ0n) is 13.9. The minimum atomic E-state index is -0.311. The summed E-state index contributed by atoms with van der Waals surface area (Å²) in [7, 11) is 0. The molecule has 0 spiro atoms. The van der Waals surface area contributed by atoms with Crippen molar-refractivity contribution in [2.75, 3.05) is 5.32 Å². The Morgan fingerprint density at radius 3 is 2.08 bits per heavy atom. The van der Waals surface area contributed by atoms with Crippen molar-refractivity contribution >= 4 is 63.7 Å². The van der Waals surface area contributed by atoms with Gasteiger partial charge in [0.1, 0.15) is 0 Å². The number of benzene rings is 2. The first-order valence-electron chi connectivity index (χ1n) is 7.45. The highest BCUT2D eigenvalue weighted by atomic mass is 35.5. The fourth-order valence-corrected chi connectivity index (χ4v) is 2.87. The first-order valence-corrected chi connectivity index (χ1v) is 8.99. The maximum Gasteiger partial charge on any atom is 0.257 e. The van der Waals surface area contributed by atoms with Crippen molar-refractivity contribution < 1.29 is 4.79 Å². The lowest BCUT2D eigenvalue weighted by molar-refractivity contribution is 0.0977. The van der Waals surface area contributed by atoms with Crippen molar-refractivity contribution in [1.82, 2.24) is 5.32 Å². The summed E-state index contributed by atoms with van der Waals surface area (Å²) < 4.78 is 0. The van der Waals surface area contributed by atoms with Gasteiger partial charge in [0.05, 0.1) is 20.8 Å². The monoisotopic (exact) mass is 414 g/mol. The minimum Gasteiger partial charge on any atom is -0.331 e. The Morgan fingerprint density at radius 1 is 0.960 bits per heavy atom. The molecule has 0 atom stereocenters. The molecular weight excluding hydrogens is 399 g/mol. The second kappa shape index (κ2) is 7.92. The molecule has 0 unspecified atom stereocenters. The maximum absolute atomic E-state index is 12.3. The van der Waals surface area contributed by atoms with E-state index in [1.54, 1.807) is 18.2 Å². The van der Waals surface area contributed by atoms with E-state index in [0.29, 0.717) is 26.3 Å². The fraction of sp³-hybridized carbons (Fsp3) is 0.222. The van der Waals surface area contributed by atoms with E-state index >= 15 is 0 Å². The SMILES string of the molecule is CC(C)(C)c1ccc(C(=O)NC(=S)Nc2cc(Cl)c(Cl)cc2Cl)cc1. The van der Waals surface area contributed by atoms with Crippen LogP contribution < -0.4 is 10.6 Å². The summed E-state index contributed by atoms with van der Waals surface area (Å²) in [5.74, 6) is -0.311. The third-order valence-corrected chi connectivity index (χ3v) is 4.74. The van der Waals surface area contributed by atoms with Gasteiger partial charge in [0.15, 0.2) is 5.11 Å². The molecule has 1 amide bonds. The predicted octanol–water partition coefficient (Wildman–Crippen LogP) is 6.07. The molecule has 2 rings (SSSR count). The molecule has 7 heteroatoms. The van der Waals surface area contributed by atoms with Crippen molar-refractivity contribution in [2.24, 2.45) is 0 Å². The molecule has 0 aromatic heterocycles. The van der Waals surface area contributed by atoms with Crippen LogP contribution in [0.2, 0.25) is 15.1 Å². The Balaban J connectivity index is 2.05. The summed E-state index contributed by atoms with van der Waals surface area (Å²) in [6.07, 6.45) is 0. The van der Waals surface area contributed by atoms with Crippen LogP contribution in [0.5, 0.6) is 0 Å². The summed E-state index contributed by atoms with van der Waals surface area (Å²) >= 11 is 23.1. The van der Waals surface area contributed by atoms with Crippen LogP contribution in [0.1, 0.15) is 36.7 Å². The summed E-state index contributed by atoms with van der Waals surface area (Å²) in [6.45, 7) is 6.34.